The molecule has 1 aliphatic heterocycles. The van der Waals surface area contributed by atoms with Crippen molar-refractivity contribution in [3.05, 3.63) is 64.7 Å². The second-order valence-corrected chi connectivity index (χ2v) is 9.30. The Balaban J connectivity index is 1.85. The summed E-state index contributed by atoms with van der Waals surface area (Å²) in [6.45, 7) is 3.01. The van der Waals surface area contributed by atoms with Crippen molar-refractivity contribution in [2.24, 2.45) is 0 Å². The number of sulfonamides is 1. The minimum Gasteiger partial charge on any atom is -0.345 e. The van der Waals surface area contributed by atoms with Crippen molar-refractivity contribution in [3.8, 4) is 0 Å². The molecule has 1 N–H and O–H groups in total. The van der Waals surface area contributed by atoms with Crippen molar-refractivity contribution < 1.29 is 13.2 Å². The Morgan fingerprint density at radius 2 is 1.79 bits per heavy atom. The molecule has 28 heavy (non-hydrogen) atoms. The van der Waals surface area contributed by atoms with Crippen LogP contribution in [0.4, 0.5) is 0 Å². The van der Waals surface area contributed by atoms with Gasteiger partial charge < -0.3 is 5.32 Å². The second-order valence-electron chi connectivity index (χ2n) is 6.95. The van der Waals surface area contributed by atoms with E-state index in [1.807, 2.05) is 37.3 Å². The molecular formula is C21H25ClN2O3S. The lowest BCUT2D eigenvalue weighted by molar-refractivity contribution is 0.0935. The number of benzene rings is 2. The van der Waals surface area contributed by atoms with Crippen molar-refractivity contribution in [1.29, 1.82) is 0 Å². The van der Waals surface area contributed by atoms with E-state index in [1.54, 1.807) is 0 Å². The van der Waals surface area contributed by atoms with Gasteiger partial charge in [0.2, 0.25) is 10.0 Å². The molecule has 2 aromatic carbocycles. The molecule has 150 valence electrons. The molecule has 7 heteroatoms. The number of carbonyl (C=O) groups excluding carboxylic acids is 1. The molecule has 0 aromatic heterocycles. The highest BCUT2D eigenvalue weighted by molar-refractivity contribution is 7.89. The van der Waals surface area contributed by atoms with Crippen LogP contribution >= 0.6 is 11.6 Å². The van der Waals surface area contributed by atoms with Gasteiger partial charge in [-0.25, -0.2) is 8.42 Å². The minimum atomic E-state index is -3.63. The maximum absolute atomic E-state index is 12.9. The zero-order valence-electron chi connectivity index (χ0n) is 15.9. The number of amides is 1. The van der Waals surface area contributed by atoms with Crippen LogP contribution in [0.15, 0.2) is 53.4 Å². The van der Waals surface area contributed by atoms with Crippen LogP contribution in [0.2, 0.25) is 5.02 Å². The van der Waals surface area contributed by atoms with Gasteiger partial charge in [-0.1, -0.05) is 55.3 Å². The minimum absolute atomic E-state index is 0.108. The number of piperidine rings is 1. The van der Waals surface area contributed by atoms with Gasteiger partial charge >= 0.3 is 0 Å². The van der Waals surface area contributed by atoms with Crippen molar-refractivity contribution in [2.75, 3.05) is 13.1 Å². The van der Waals surface area contributed by atoms with Crippen molar-refractivity contribution >= 4 is 27.5 Å². The summed E-state index contributed by atoms with van der Waals surface area (Å²) in [5.41, 5.74) is 1.17. The molecule has 0 unspecified atom stereocenters. The smallest absolute Gasteiger partial charge is 0.253 e. The standard InChI is InChI=1S/C21H25ClN2O3S/c1-2-20(16-9-5-3-6-10-16)23-21(25)18-15-17(11-12-19(18)22)28(26,27)24-13-7-4-8-14-24/h3,5-6,9-12,15,20H,2,4,7-8,13-14H2,1H3,(H,23,25)/t20-/m0/s1. The van der Waals surface area contributed by atoms with E-state index >= 15 is 0 Å². The van der Waals surface area contributed by atoms with Crippen LogP contribution < -0.4 is 5.32 Å². The molecule has 1 amide bonds. The first kappa shape index (κ1) is 20.8. The number of nitrogens with one attached hydrogen (secondary N) is 1. The lowest BCUT2D eigenvalue weighted by Crippen LogP contribution is -2.35. The maximum Gasteiger partial charge on any atom is 0.253 e. The summed E-state index contributed by atoms with van der Waals surface area (Å²) >= 11 is 6.23. The van der Waals surface area contributed by atoms with Crippen molar-refractivity contribution in [3.63, 3.8) is 0 Å². The summed E-state index contributed by atoms with van der Waals surface area (Å²) in [5, 5.41) is 3.20. The first-order valence-corrected chi connectivity index (χ1v) is 11.4. The fourth-order valence-corrected chi connectivity index (χ4v) is 5.18. The molecule has 1 atom stereocenters. The molecule has 0 spiro atoms. The zero-order valence-corrected chi connectivity index (χ0v) is 17.5. The lowest BCUT2D eigenvalue weighted by Gasteiger charge is -2.26. The average molecular weight is 421 g/mol. The van der Waals surface area contributed by atoms with Crippen LogP contribution in [0.5, 0.6) is 0 Å². The van der Waals surface area contributed by atoms with Gasteiger partial charge in [0.1, 0.15) is 0 Å². The van der Waals surface area contributed by atoms with E-state index in [0.717, 1.165) is 24.8 Å². The quantitative estimate of drug-likeness (QED) is 0.753. The molecule has 0 radical (unpaired) electrons. The number of rotatable bonds is 6. The van der Waals surface area contributed by atoms with Gasteiger partial charge in [-0.2, -0.15) is 4.31 Å². The number of carbonyl (C=O) groups is 1. The molecule has 0 saturated carbocycles. The topological polar surface area (TPSA) is 66.5 Å². The Morgan fingerprint density at radius 1 is 1.11 bits per heavy atom. The van der Waals surface area contributed by atoms with Crippen LogP contribution in [0.3, 0.4) is 0 Å². The predicted molar refractivity (Wildman–Crippen MR) is 111 cm³/mol. The normalized spacial score (nSPS) is 16.5. The number of halogens is 1. The third-order valence-corrected chi connectivity index (χ3v) is 7.27. The molecule has 1 aliphatic rings. The lowest BCUT2D eigenvalue weighted by atomic mass is 10.0. The predicted octanol–water partition coefficient (Wildman–Crippen LogP) is 4.40. The van der Waals surface area contributed by atoms with Gasteiger partial charge in [-0.15, -0.1) is 0 Å². The third kappa shape index (κ3) is 4.57. The molecule has 2 aromatic rings. The Hall–Kier alpha value is -1.89. The van der Waals surface area contributed by atoms with E-state index in [1.165, 1.54) is 22.5 Å². The van der Waals surface area contributed by atoms with E-state index in [2.05, 4.69) is 5.32 Å². The molecule has 1 heterocycles. The number of hydrogen-bond donors (Lipinski definition) is 1. The molecule has 1 fully saturated rings. The molecule has 0 aliphatic carbocycles. The highest BCUT2D eigenvalue weighted by Gasteiger charge is 2.27. The largest absolute Gasteiger partial charge is 0.345 e. The second kappa shape index (κ2) is 9.07. The van der Waals surface area contributed by atoms with Crippen molar-refractivity contribution in [1.82, 2.24) is 9.62 Å². The Kier molecular flexibility index (Phi) is 6.75. The monoisotopic (exact) mass is 420 g/mol. The SMILES string of the molecule is CC[C@H](NC(=O)c1cc(S(=O)(=O)N2CCCCC2)ccc1Cl)c1ccccc1. The maximum atomic E-state index is 12.9. The van der Waals surface area contributed by atoms with E-state index in [-0.39, 0.29) is 27.4 Å². The highest BCUT2D eigenvalue weighted by atomic mass is 35.5. The van der Waals surface area contributed by atoms with E-state index in [4.69, 9.17) is 11.6 Å². The first-order valence-electron chi connectivity index (χ1n) is 9.59. The summed E-state index contributed by atoms with van der Waals surface area (Å²) in [6.07, 6.45) is 3.46. The number of hydrogen-bond acceptors (Lipinski definition) is 3. The summed E-state index contributed by atoms with van der Waals surface area (Å²) in [6, 6.07) is 13.8. The van der Waals surface area contributed by atoms with Gasteiger partial charge in [0, 0.05) is 13.1 Å². The van der Waals surface area contributed by atoms with Crippen LogP contribution in [0, 0.1) is 0 Å². The van der Waals surface area contributed by atoms with Gasteiger partial charge in [-0.05, 0) is 43.0 Å². The van der Waals surface area contributed by atoms with Crippen molar-refractivity contribution in [2.45, 2.75) is 43.5 Å². The molecule has 5 nitrogen and oxygen atoms in total. The summed E-state index contributed by atoms with van der Waals surface area (Å²) < 4.78 is 27.3. The zero-order chi connectivity index (χ0) is 20.1. The Labute approximate surface area is 171 Å². The van der Waals surface area contributed by atoms with Crippen LogP contribution in [-0.4, -0.2) is 31.7 Å². The van der Waals surface area contributed by atoms with Gasteiger partial charge in [0.05, 0.1) is 21.5 Å². The van der Waals surface area contributed by atoms with Crippen LogP contribution in [0.1, 0.15) is 54.6 Å². The molecule has 0 bridgehead atoms. The fraction of sp³-hybridized carbons (Fsp3) is 0.381. The van der Waals surface area contributed by atoms with Gasteiger partial charge in [0.25, 0.3) is 5.91 Å². The van der Waals surface area contributed by atoms with Crippen LogP contribution in [0.25, 0.3) is 0 Å². The van der Waals surface area contributed by atoms with E-state index < -0.39 is 10.0 Å². The average Bonchev–Trinajstić information content (AvgIpc) is 2.73. The van der Waals surface area contributed by atoms with E-state index in [9.17, 15) is 13.2 Å². The Bertz CT molecular complexity index is 926. The summed E-state index contributed by atoms with van der Waals surface area (Å²) in [4.78, 5) is 13.0. The van der Waals surface area contributed by atoms with Crippen LogP contribution in [-0.2, 0) is 10.0 Å². The number of nitrogens with zero attached hydrogens (tertiary/aromatic N) is 1. The molecule has 3 rings (SSSR count). The molecule has 1 saturated heterocycles. The van der Waals surface area contributed by atoms with Gasteiger partial charge in [0.15, 0.2) is 0 Å². The Morgan fingerprint density at radius 3 is 2.43 bits per heavy atom. The molecular weight excluding hydrogens is 396 g/mol. The van der Waals surface area contributed by atoms with E-state index in [0.29, 0.717) is 19.5 Å². The third-order valence-electron chi connectivity index (χ3n) is 5.05. The highest BCUT2D eigenvalue weighted by Crippen LogP contribution is 2.26. The summed E-state index contributed by atoms with van der Waals surface area (Å²) in [7, 11) is -3.63. The first-order chi connectivity index (χ1) is 13.4. The summed E-state index contributed by atoms with van der Waals surface area (Å²) in [5.74, 6) is -0.378. The van der Waals surface area contributed by atoms with Gasteiger partial charge in [-0.3, -0.25) is 4.79 Å². The fourth-order valence-electron chi connectivity index (χ4n) is 3.44.